The van der Waals surface area contributed by atoms with E-state index in [0.717, 1.165) is 0 Å². The van der Waals surface area contributed by atoms with Crippen LogP contribution in [0.4, 0.5) is 10.6 Å². The first-order chi connectivity index (χ1) is 9.42. The van der Waals surface area contributed by atoms with Gasteiger partial charge in [0.2, 0.25) is 5.91 Å². The molecule has 1 aromatic heterocycles. The first-order valence-electron chi connectivity index (χ1n) is 6.68. The van der Waals surface area contributed by atoms with E-state index in [1.165, 1.54) is 4.90 Å². The number of aryl methyl sites for hydroxylation is 1. The van der Waals surface area contributed by atoms with Crippen molar-refractivity contribution in [3.05, 3.63) is 11.8 Å². The molecule has 1 heterocycles. The number of carbonyl (C=O) groups excluding carboxylic acids is 2. The summed E-state index contributed by atoms with van der Waals surface area (Å²) in [5, 5.41) is 8.97. The Hall–Kier alpha value is -2.05. The largest absolute Gasteiger partial charge is 0.360 e. The molecule has 2 N–H and O–H groups in total. The minimum absolute atomic E-state index is 0.0179. The molecule has 0 saturated heterocycles. The second-order valence-corrected chi connectivity index (χ2v) is 4.98. The average molecular weight is 282 g/mol. The summed E-state index contributed by atoms with van der Waals surface area (Å²) >= 11 is 0. The molecule has 0 bridgehead atoms. The van der Waals surface area contributed by atoms with Crippen molar-refractivity contribution >= 4 is 17.8 Å². The lowest BCUT2D eigenvalue weighted by atomic mass is 10.2. The minimum atomic E-state index is -0.301. The van der Waals surface area contributed by atoms with E-state index >= 15 is 0 Å². The number of carbonyl (C=O) groups is 2. The lowest BCUT2D eigenvalue weighted by molar-refractivity contribution is -0.116. The number of nitrogens with zero attached hydrogens (tertiary/aromatic N) is 2. The fraction of sp³-hybridized carbons (Fsp3) is 0.615. The summed E-state index contributed by atoms with van der Waals surface area (Å²) in [7, 11) is 0. The summed E-state index contributed by atoms with van der Waals surface area (Å²) < 4.78 is 4.86. The molecule has 0 radical (unpaired) electrons. The molecule has 112 valence electrons. The maximum absolute atomic E-state index is 11.9. The van der Waals surface area contributed by atoms with Crippen molar-refractivity contribution < 1.29 is 14.1 Å². The predicted octanol–water partition coefficient (Wildman–Crippen LogP) is 1.61. The normalized spacial score (nSPS) is 10.4. The highest BCUT2D eigenvalue weighted by molar-refractivity contribution is 5.93. The van der Waals surface area contributed by atoms with Crippen LogP contribution in [0.25, 0.3) is 0 Å². The molecule has 0 unspecified atom stereocenters. The molecule has 0 fully saturated rings. The van der Waals surface area contributed by atoms with Gasteiger partial charge in [-0.25, -0.2) is 4.79 Å². The Labute approximate surface area is 118 Å². The number of nitrogens with one attached hydrogen (secondary N) is 2. The Morgan fingerprint density at radius 3 is 2.65 bits per heavy atom. The first kappa shape index (κ1) is 16.0. The standard InChI is InChI=1S/C13H22N4O3/c1-5-14-13(19)17(7-9(2)3)8-12(18)15-11-6-10(4)20-16-11/h6,9H,5,7-8H2,1-4H3,(H,14,19)(H,15,16,18). The number of hydrogen-bond acceptors (Lipinski definition) is 4. The summed E-state index contributed by atoms with van der Waals surface area (Å²) in [4.78, 5) is 25.3. The SMILES string of the molecule is CCNC(=O)N(CC(=O)Nc1cc(C)on1)CC(C)C. The van der Waals surface area contributed by atoms with Gasteiger partial charge in [-0.3, -0.25) is 4.79 Å². The molecule has 1 aromatic rings. The molecule has 0 aliphatic rings. The molecule has 0 aliphatic carbocycles. The van der Waals surface area contributed by atoms with E-state index in [2.05, 4.69) is 15.8 Å². The number of amides is 3. The molecule has 0 aliphatic heterocycles. The van der Waals surface area contributed by atoms with Crippen LogP contribution in [0.2, 0.25) is 0 Å². The van der Waals surface area contributed by atoms with Crippen LogP contribution in [0, 0.1) is 12.8 Å². The van der Waals surface area contributed by atoms with Gasteiger partial charge in [-0.1, -0.05) is 19.0 Å². The van der Waals surface area contributed by atoms with Crippen LogP contribution in [0.15, 0.2) is 10.6 Å². The molecule has 7 heteroatoms. The van der Waals surface area contributed by atoms with Crippen LogP contribution in [0.3, 0.4) is 0 Å². The Kier molecular flexibility index (Phi) is 6.02. The van der Waals surface area contributed by atoms with Gasteiger partial charge < -0.3 is 20.1 Å². The maximum Gasteiger partial charge on any atom is 0.317 e. The molecule has 0 aromatic carbocycles. The summed E-state index contributed by atoms with van der Waals surface area (Å²) in [6.45, 7) is 8.58. The van der Waals surface area contributed by atoms with Gasteiger partial charge in [0, 0.05) is 19.2 Å². The highest BCUT2D eigenvalue weighted by Crippen LogP contribution is 2.07. The van der Waals surface area contributed by atoms with Crippen molar-refractivity contribution in [2.45, 2.75) is 27.7 Å². The van der Waals surface area contributed by atoms with Crippen molar-refractivity contribution in [1.29, 1.82) is 0 Å². The fourth-order valence-electron chi connectivity index (χ4n) is 1.70. The molecule has 0 atom stereocenters. The third kappa shape index (κ3) is 5.29. The Morgan fingerprint density at radius 2 is 2.15 bits per heavy atom. The number of rotatable bonds is 6. The lowest BCUT2D eigenvalue weighted by Crippen LogP contribution is -2.45. The molecular formula is C13H22N4O3. The average Bonchev–Trinajstić information content (AvgIpc) is 2.73. The summed E-state index contributed by atoms with van der Waals surface area (Å²) in [5.41, 5.74) is 0. The lowest BCUT2D eigenvalue weighted by Gasteiger charge is -2.23. The second kappa shape index (κ2) is 7.52. The number of anilines is 1. The van der Waals surface area contributed by atoms with Gasteiger partial charge >= 0.3 is 6.03 Å². The Morgan fingerprint density at radius 1 is 1.45 bits per heavy atom. The predicted molar refractivity (Wildman–Crippen MR) is 75.4 cm³/mol. The topological polar surface area (TPSA) is 87.5 Å². The number of aromatic nitrogens is 1. The van der Waals surface area contributed by atoms with Crippen molar-refractivity contribution in [3.8, 4) is 0 Å². The van der Waals surface area contributed by atoms with Crippen LogP contribution in [0.1, 0.15) is 26.5 Å². The molecule has 7 nitrogen and oxygen atoms in total. The van der Waals surface area contributed by atoms with Crippen LogP contribution in [-0.2, 0) is 4.79 Å². The quantitative estimate of drug-likeness (QED) is 0.829. The van der Waals surface area contributed by atoms with Gasteiger partial charge in [0.15, 0.2) is 5.82 Å². The van der Waals surface area contributed by atoms with E-state index < -0.39 is 0 Å². The third-order valence-corrected chi connectivity index (χ3v) is 2.43. The Bertz CT molecular complexity index is 456. The van der Waals surface area contributed by atoms with E-state index in [9.17, 15) is 9.59 Å². The Balaban J connectivity index is 2.59. The molecular weight excluding hydrogens is 260 g/mol. The van der Waals surface area contributed by atoms with E-state index in [0.29, 0.717) is 24.7 Å². The highest BCUT2D eigenvalue weighted by atomic mass is 16.5. The molecule has 3 amide bonds. The zero-order valence-electron chi connectivity index (χ0n) is 12.4. The van der Waals surface area contributed by atoms with Crippen LogP contribution in [-0.4, -0.2) is 41.6 Å². The van der Waals surface area contributed by atoms with E-state index in [1.54, 1.807) is 13.0 Å². The van der Waals surface area contributed by atoms with Gasteiger partial charge in [0.1, 0.15) is 12.3 Å². The molecule has 20 heavy (non-hydrogen) atoms. The first-order valence-corrected chi connectivity index (χ1v) is 6.68. The van der Waals surface area contributed by atoms with Crippen molar-refractivity contribution in [3.63, 3.8) is 0 Å². The molecule has 0 spiro atoms. The number of urea groups is 1. The van der Waals surface area contributed by atoms with Crippen molar-refractivity contribution in [2.75, 3.05) is 25.0 Å². The van der Waals surface area contributed by atoms with Gasteiger partial charge in [-0.2, -0.15) is 0 Å². The van der Waals surface area contributed by atoms with Gasteiger partial charge in [0.05, 0.1) is 0 Å². The highest BCUT2D eigenvalue weighted by Gasteiger charge is 2.18. The smallest absolute Gasteiger partial charge is 0.317 e. The van der Waals surface area contributed by atoms with Gasteiger partial charge in [0.25, 0.3) is 0 Å². The van der Waals surface area contributed by atoms with Gasteiger partial charge in [-0.15, -0.1) is 0 Å². The van der Waals surface area contributed by atoms with E-state index in [1.807, 2.05) is 20.8 Å². The molecule has 1 rings (SSSR count). The monoisotopic (exact) mass is 282 g/mol. The van der Waals surface area contributed by atoms with E-state index in [4.69, 9.17) is 4.52 Å². The zero-order chi connectivity index (χ0) is 15.1. The summed E-state index contributed by atoms with van der Waals surface area (Å²) in [6, 6.07) is 1.38. The van der Waals surface area contributed by atoms with Crippen LogP contribution < -0.4 is 10.6 Å². The van der Waals surface area contributed by atoms with Crippen molar-refractivity contribution in [1.82, 2.24) is 15.4 Å². The number of hydrogen-bond donors (Lipinski definition) is 2. The van der Waals surface area contributed by atoms with Gasteiger partial charge in [-0.05, 0) is 19.8 Å². The third-order valence-electron chi connectivity index (χ3n) is 2.43. The second-order valence-electron chi connectivity index (χ2n) is 4.98. The molecule has 0 saturated carbocycles. The summed E-state index contributed by atoms with van der Waals surface area (Å²) in [5.74, 6) is 0.945. The summed E-state index contributed by atoms with van der Waals surface area (Å²) in [6.07, 6.45) is 0. The van der Waals surface area contributed by atoms with Crippen LogP contribution in [0.5, 0.6) is 0 Å². The fourth-order valence-corrected chi connectivity index (χ4v) is 1.70. The van der Waals surface area contributed by atoms with Crippen LogP contribution >= 0.6 is 0 Å². The maximum atomic E-state index is 11.9. The zero-order valence-corrected chi connectivity index (χ0v) is 12.4. The van der Waals surface area contributed by atoms with E-state index in [-0.39, 0.29) is 24.4 Å². The minimum Gasteiger partial charge on any atom is -0.360 e. The van der Waals surface area contributed by atoms with Crippen molar-refractivity contribution in [2.24, 2.45) is 5.92 Å².